The SMILES string of the molecule is CC(Cn1cc(Cl)cn1)C(=O)N1CCC2(CCCCc3ccccc3OCCN(C(C)C)C2=O)CC1. The van der Waals surface area contributed by atoms with E-state index in [1.165, 1.54) is 5.56 Å². The summed E-state index contributed by atoms with van der Waals surface area (Å²) in [6, 6.07) is 8.33. The highest BCUT2D eigenvalue weighted by molar-refractivity contribution is 6.30. The number of para-hydroxylation sites is 1. The van der Waals surface area contributed by atoms with Gasteiger partial charge in [0.05, 0.1) is 35.6 Å². The molecule has 1 spiro atoms. The Hall–Kier alpha value is -2.54. The molecule has 8 heteroatoms. The summed E-state index contributed by atoms with van der Waals surface area (Å²) in [7, 11) is 0. The van der Waals surface area contributed by atoms with Crippen LogP contribution in [0, 0.1) is 11.3 Å². The lowest BCUT2D eigenvalue weighted by atomic mass is 9.72. The van der Waals surface area contributed by atoms with Gasteiger partial charge >= 0.3 is 0 Å². The van der Waals surface area contributed by atoms with E-state index in [0.29, 0.717) is 50.7 Å². The van der Waals surface area contributed by atoms with Crippen molar-refractivity contribution in [1.29, 1.82) is 0 Å². The van der Waals surface area contributed by atoms with Crippen LogP contribution in [0.3, 0.4) is 0 Å². The molecule has 0 radical (unpaired) electrons. The van der Waals surface area contributed by atoms with Crippen molar-refractivity contribution in [2.45, 2.75) is 71.9 Å². The normalized spacial score (nSPS) is 19.9. The van der Waals surface area contributed by atoms with E-state index < -0.39 is 5.41 Å². The van der Waals surface area contributed by atoms with Crippen LogP contribution in [0.1, 0.15) is 58.4 Å². The van der Waals surface area contributed by atoms with Crippen molar-refractivity contribution in [2.24, 2.45) is 11.3 Å². The first-order valence-electron chi connectivity index (χ1n) is 13.3. The van der Waals surface area contributed by atoms with Gasteiger partial charge in [0, 0.05) is 25.3 Å². The molecule has 196 valence electrons. The number of piperidine rings is 1. The smallest absolute Gasteiger partial charge is 0.229 e. The standard InChI is InChI=1S/C28H39ClN4O3/c1-21(2)33-16-17-36-25-10-5-4-8-23(25)9-6-7-11-28(27(33)35)12-14-31(15-13-28)26(34)22(3)19-32-20-24(29)18-30-32/h4-5,8,10,18,20-22H,6-7,9,11-17,19H2,1-3H3. The molecule has 3 heterocycles. The van der Waals surface area contributed by atoms with E-state index in [2.05, 4.69) is 31.1 Å². The van der Waals surface area contributed by atoms with Gasteiger partial charge in [0.1, 0.15) is 12.4 Å². The second-order valence-corrected chi connectivity index (χ2v) is 11.1. The molecule has 1 atom stereocenters. The molecule has 1 saturated heterocycles. The summed E-state index contributed by atoms with van der Waals surface area (Å²) in [6.07, 6.45) is 8.55. The first kappa shape index (κ1) is 26.5. The zero-order valence-electron chi connectivity index (χ0n) is 21.8. The first-order chi connectivity index (χ1) is 17.3. The fourth-order valence-electron chi connectivity index (χ4n) is 5.62. The molecule has 0 bridgehead atoms. The maximum atomic E-state index is 14.0. The Bertz CT molecular complexity index is 1040. The molecule has 0 N–H and O–H groups in total. The highest BCUT2D eigenvalue weighted by atomic mass is 35.5. The molecule has 7 nitrogen and oxygen atoms in total. The molecule has 36 heavy (non-hydrogen) atoms. The Labute approximate surface area is 219 Å². The number of benzene rings is 1. The molecular weight excluding hydrogens is 476 g/mol. The van der Waals surface area contributed by atoms with Crippen LogP contribution >= 0.6 is 11.6 Å². The minimum atomic E-state index is -0.418. The Balaban J connectivity index is 1.45. The Morgan fingerprint density at radius 2 is 1.86 bits per heavy atom. The van der Waals surface area contributed by atoms with Crippen LogP contribution in [0.25, 0.3) is 0 Å². The Morgan fingerprint density at radius 1 is 1.11 bits per heavy atom. The van der Waals surface area contributed by atoms with E-state index in [0.717, 1.165) is 31.4 Å². The molecular formula is C28H39ClN4O3. The number of amides is 2. The van der Waals surface area contributed by atoms with Crippen LogP contribution in [0.5, 0.6) is 5.75 Å². The van der Waals surface area contributed by atoms with Crippen molar-refractivity contribution in [3.8, 4) is 5.75 Å². The van der Waals surface area contributed by atoms with Crippen molar-refractivity contribution < 1.29 is 14.3 Å². The van der Waals surface area contributed by atoms with E-state index in [1.54, 1.807) is 17.1 Å². The zero-order chi connectivity index (χ0) is 25.7. The van der Waals surface area contributed by atoms with Gasteiger partial charge < -0.3 is 14.5 Å². The fourth-order valence-corrected chi connectivity index (χ4v) is 5.77. The maximum Gasteiger partial charge on any atom is 0.229 e. The highest BCUT2D eigenvalue weighted by Crippen LogP contribution is 2.40. The Morgan fingerprint density at radius 3 is 2.56 bits per heavy atom. The molecule has 2 aliphatic rings. The molecule has 4 rings (SSSR count). The molecule has 1 aromatic heterocycles. The van der Waals surface area contributed by atoms with Gasteiger partial charge in [-0.15, -0.1) is 0 Å². The summed E-state index contributed by atoms with van der Waals surface area (Å²) in [5.41, 5.74) is 0.820. The average molecular weight is 515 g/mol. The lowest BCUT2D eigenvalue weighted by Gasteiger charge is -2.45. The van der Waals surface area contributed by atoms with E-state index >= 15 is 0 Å². The monoisotopic (exact) mass is 514 g/mol. The first-order valence-corrected chi connectivity index (χ1v) is 13.7. The number of aromatic nitrogens is 2. The molecule has 2 aromatic rings. The minimum absolute atomic E-state index is 0.0942. The quantitative estimate of drug-likeness (QED) is 0.586. The second kappa shape index (κ2) is 11.7. The third-order valence-electron chi connectivity index (χ3n) is 7.77. The van der Waals surface area contributed by atoms with Crippen molar-refractivity contribution in [3.05, 3.63) is 47.2 Å². The summed E-state index contributed by atoms with van der Waals surface area (Å²) in [5.74, 6) is 1.07. The molecule has 0 aliphatic carbocycles. The van der Waals surface area contributed by atoms with Gasteiger partial charge in [-0.3, -0.25) is 14.3 Å². The number of halogens is 1. The second-order valence-electron chi connectivity index (χ2n) is 10.6. The summed E-state index contributed by atoms with van der Waals surface area (Å²) >= 11 is 5.97. The van der Waals surface area contributed by atoms with Crippen LogP contribution in [-0.4, -0.2) is 63.7 Å². The molecule has 2 aliphatic heterocycles. The molecule has 1 unspecified atom stereocenters. The van der Waals surface area contributed by atoms with E-state index in [1.807, 2.05) is 28.9 Å². The summed E-state index contributed by atoms with van der Waals surface area (Å²) < 4.78 is 7.84. The third kappa shape index (κ3) is 6.05. The van der Waals surface area contributed by atoms with Crippen molar-refractivity contribution >= 4 is 23.4 Å². The zero-order valence-corrected chi connectivity index (χ0v) is 22.5. The largest absolute Gasteiger partial charge is 0.491 e. The van der Waals surface area contributed by atoms with E-state index in [-0.39, 0.29) is 23.8 Å². The molecule has 1 fully saturated rings. The number of hydrogen-bond donors (Lipinski definition) is 0. The summed E-state index contributed by atoms with van der Waals surface area (Å²) in [4.78, 5) is 31.1. The van der Waals surface area contributed by atoms with E-state index in [9.17, 15) is 9.59 Å². The van der Waals surface area contributed by atoms with Gasteiger partial charge in [-0.2, -0.15) is 5.10 Å². The number of aryl methyl sites for hydroxylation is 1. The molecule has 1 aromatic carbocycles. The fraction of sp³-hybridized carbons (Fsp3) is 0.607. The van der Waals surface area contributed by atoms with Gasteiger partial charge in [0.2, 0.25) is 11.8 Å². The molecule has 2 amide bonds. The van der Waals surface area contributed by atoms with Crippen LogP contribution < -0.4 is 4.74 Å². The third-order valence-corrected chi connectivity index (χ3v) is 7.96. The lowest BCUT2D eigenvalue weighted by Crippen LogP contribution is -2.54. The van der Waals surface area contributed by atoms with Gasteiger partial charge in [-0.25, -0.2) is 0 Å². The topological polar surface area (TPSA) is 67.7 Å². The minimum Gasteiger partial charge on any atom is -0.491 e. The van der Waals surface area contributed by atoms with Gasteiger partial charge in [-0.05, 0) is 57.6 Å². The predicted molar refractivity (Wildman–Crippen MR) is 141 cm³/mol. The van der Waals surface area contributed by atoms with Gasteiger partial charge in [-0.1, -0.05) is 43.1 Å². The number of likely N-dealkylation sites (tertiary alicyclic amines) is 1. The summed E-state index contributed by atoms with van der Waals surface area (Å²) in [5, 5.41) is 4.77. The summed E-state index contributed by atoms with van der Waals surface area (Å²) in [6.45, 7) is 8.85. The van der Waals surface area contributed by atoms with Gasteiger partial charge in [0.15, 0.2) is 0 Å². The van der Waals surface area contributed by atoms with Crippen molar-refractivity contribution in [3.63, 3.8) is 0 Å². The Kier molecular flexibility index (Phi) is 8.60. The maximum absolute atomic E-state index is 14.0. The number of fused-ring (bicyclic) bond motifs is 1. The van der Waals surface area contributed by atoms with Crippen LogP contribution in [-0.2, 0) is 22.6 Å². The molecule has 0 saturated carbocycles. The van der Waals surface area contributed by atoms with E-state index in [4.69, 9.17) is 16.3 Å². The van der Waals surface area contributed by atoms with Crippen molar-refractivity contribution in [2.75, 3.05) is 26.2 Å². The number of carbonyl (C=O) groups is 2. The van der Waals surface area contributed by atoms with Crippen molar-refractivity contribution in [1.82, 2.24) is 19.6 Å². The van der Waals surface area contributed by atoms with Gasteiger partial charge in [0.25, 0.3) is 0 Å². The lowest BCUT2D eigenvalue weighted by molar-refractivity contribution is -0.152. The number of carbonyl (C=O) groups excluding carboxylic acids is 2. The predicted octanol–water partition coefficient (Wildman–Crippen LogP) is 4.82. The number of hydrogen-bond acceptors (Lipinski definition) is 4. The number of rotatable bonds is 4. The number of ether oxygens (including phenoxy) is 1. The van der Waals surface area contributed by atoms with Crippen LogP contribution in [0.2, 0.25) is 5.02 Å². The highest BCUT2D eigenvalue weighted by Gasteiger charge is 2.44. The van der Waals surface area contributed by atoms with Crippen LogP contribution in [0.15, 0.2) is 36.7 Å². The number of nitrogens with zero attached hydrogens (tertiary/aromatic N) is 4. The van der Waals surface area contributed by atoms with Crippen LogP contribution in [0.4, 0.5) is 0 Å². The average Bonchev–Trinajstić information content (AvgIpc) is 3.28.